The highest BCUT2D eigenvalue weighted by atomic mass is 32.1. The molecule has 0 spiro atoms. The number of rotatable bonds is 4. The standard InChI is InChI=1S/C9H8F3NO3S/c10-9(11,12)6-2-1-5(17-6)8(16)13-4-3-7(14)15/h1-2H,3-4H2,(H,13,16)(H,14,15). The predicted octanol–water partition coefficient (Wildman–Crippen LogP) is 1.97. The van der Waals surface area contributed by atoms with Crippen LogP contribution >= 0.6 is 11.3 Å². The van der Waals surface area contributed by atoms with Crippen LogP contribution in [0, 0.1) is 0 Å². The molecule has 1 rings (SSSR count). The van der Waals surface area contributed by atoms with Crippen molar-refractivity contribution >= 4 is 23.2 Å². The summed E-state index contributed by atoms with van der Waals surface area (Å²) in [6, 6.07) is 1.88. The Morgan fingerprint density at radius 2 is 2.00 bits per heavy atom. The van der Waals surface area contributed by atoms with Crippen molar-refractivity contribution in [1.82, 2.24) is 5.32 Å². The van der Waals surface area contributed by atoms with E-state index in [4.69, 9.17) is 5.11 Å². The Hall–Kier alpha value is -1.57. The summed E-state index contributed by atoms with van der Waals surface area (Å²) in [6.45, 7) is -0.118. The Morgan fingerprint density at radius 3 is 2.47 bits per heavy atom. The fraction of sp³-hybridized carbons (Fsp3) is 0.333. The topological polar surface area (TPSA) is 66.4 Å². The Kier molecular flexibility index (Phi) is 4.11. The molecule has 8 heteroatoms. The van der Waals surface area contributed by atoms with Crippen LogP contribution in [0.2, 0.25) is 0 Å². The van der Waals surface area contributed by atoms with Crippen molar-refractivity contribution in [3.05, 3.63) is 21.9 Å². The van der Waals surface area contributed by atoms with Gasteiger partial charge in [-0.1, -0.05) is 0 Å². The van der Waals surface area contributed by atoms with E-state index in [9.17, 15) is 22.8 Å². The third-order valence-electron chi connectivity index (χ3n) is 1.73. The highest BCUT2D eigenvalue weighted by molar-refractivity contribution is 7.14. The first-order valence-corrected chi connectivity index (χ1v) is 5.29. The van der Waals surface area contributed by atoms with E-state index in [0.29, 0.717) is 11.3 Å². The number of carboxylic acids is 1. The lowest BCUT2D eigenvalue weighted by molar-refractivity contribution is -0.137. The van der Waals surface area contributed by atoms with Crippen molar-refractivity contribution in [2.75, 3.05) is 6.54 Å². The van der Waals surface area contributed by atoms with Gasteiger partial charge < -0.3 is 10.4 Å². The van der Waals surface area contributed by atoms with Crippen LogP contribution < -0.4 is 5.32 Å². The number of carbonyl (C=O) groups is 2. The Balaban J connectivity index is 2.58. The zero-order chi connectivity index (χ0) is 13.1. The summed E-state index contributed by atoms with van der Waals surface area (Å²) in [5.41, 5.74) is 0. The molecule has 0 atom stereocenters. The number of alkyl halides is 3. The van der Waals surface area contributed by atoms with Gasteiger partial charge in [0.05, 0.1) is 11.3 Å². The van der Waals surface area contributed by atoms with E-state index in [1.165, 1.54) is 0 Å². The fourth-order valence-electron chi connectivity index (χ4n) is 0.982. The van der Waals surface area contributed by atoms with E-state index in [1.54, 1.807) is 0 Å². The molecule has 0 unspecified atom stereocenters. The molecule has 1 amide bonds. The minimum Gasteiger partial charge on any atom is -0.481 e. The zero-order valence-corrected chi connectivity index (χ0v) is 9.19. The number of hydrogen-bond acceptors (Lipinski definition) is 3. The number of thiophene rings is 1. The first-order chi connectivity index (χ1) is 7.80. The number of aliphatic carboxylic acids is 1. The Morgan fingerprint density at radius 1 is 1.35 bits per heavy atom. The maximum atomic E-state index is 12.2. The summed E-state index contributed by atoms with van der Waals surface area (Å²) < 4.78 is 36.7. The van der Waals surface area contributed by atoms with Gasteiger partial charge in [0.15, 0.2) is 0 Å². The van der Waals surface area contributed by atoms with Crippen LogP contribution in [-0.2, 0) is 11.0 Å². The SMILES string of the molecule is O=C(O)CCNC(=O)c1ccc(C(F)(F)F)s1. The first-order valence-electron chi connectivity index (χ1n) is 4.47. The molecule has 0 aliphatic heterocycles. The lowest BCUT2D eigenvalue weighted by atomic mass is 10.4. The van der Waals surface area contributed by atoms with Gasteiger partial charge in [0, 0.05) is 6.54 Å². The molecular formula is C9H8F3NO3S. The molecule has 17 heavy (non-hydrogen) atoms. The average Bonchev–Trinajstić information content (AvgIpc) is 2.64. The molecule has 0 fully saturated rings. The van der Waals surface area contributed by atoms with Gasteiger partial charge in [-0.25, -0.2) is 0 Å². The summed E-state index contributed by atoms with van der Waals surface area (Å²) in [6.07, 6.45) is -4.74. The molecule has 94 valence electrons. The fourth-order valence-corrected chi connectivity index (χ4v) is 1.77. The lowest BCUT2D eigenvalue weighted by Crippen LogP contribution is -2.25. The third kappa shape index (κ3) is 4.06. The number of carbonyl (C=O) groups excluding carboxylic acids is 1. The average molecular weight is 267 g/mol. The molecular weight excluding hydrogens is 259 g/mol. The smallest absolute Gasteiger partial charge is 0.425 e. The molecule has 0 aliphatic carbocycles. The van der Waals surface area contributed by atoms with E-state index in [0.717, 1.165) is 12.1 Å². The molecule has 0 aromatic carbocycles. The van der Waals surface area contributed by atoms with E-state index < -0.39 is 22.9 Å². The van der Waals surface area contributed by atoms with Gasteiger partial charge in [0.25, 0.3) is 5.91 Å². The summed E-state index contributed by atoms with van der Waals surface area (Å²) in [7, 11) is 0. The van der Waals surface area contributed by atoms with Crippen molar-refractivity contribution < 1.29 is 27.9 Å². The summed E-state index contributed by atoms with van der Waals surface area (Å²) in [5.74, 6) is -1.79. The second kappa shape index (κ2) is 5.17. The minimum atomic E-state index is -4.47. The van der Waals surface area contributed by atoms with Gasteiger partial charge in [0.2, 0.25) is 0 Å². The van der Waals surface area contributed by atoms with Gasteiger partial charge in [-0.05, 0) is 12.1 Å². The lowest BCUT2D eigenvalue weighted by Gasteiger charge is -2.02. The number of amides is 1. The number of halogens is 3. The second-order valence-corrected chi connectivity index (χ2v) is 4.15. The summed E-state index contributed by atoms with van der Waals surface area (Å²) in [5, 5.41) is 10.5. The molecule has 1 aromatic rings. The van der Waals surface area contributed by atoms with Crippen LogP contribution in [-0.4, -0.2) is 23.5 Å². The van der Waals surface area contributed by atoms with Crippen LogP contribution in [0.25, 0.3) is 0 Å². The van der Waals surface area contributed by atoms with Crippen LogP contribution in [0.5, 0.6) is 0 Å². The molecule has 1 heterocycles. The highest BCUT2D eigenvalue weighted by Gasteiger charge is 2.33. The molecule has 0 bridgehead atoms. The van der Waals surface area contributed by atoms with Crippen molar-refractivity contribution in [3.63, 3.8) is 0 Å². The van der Waals surface area contributed by atoms with E-state index in [1.807, 2.05) is 0 Å². The van der Waals surface area contributed by atoms with Crippen molar-refractivity contribution in [1.29, 1.82) is 0 Å². The minimum absolute atomic E-state index is 0.0947. The molecule has 0 saturated carbocycles. The number of nitrogens with one attached hydrogen (secondary N) is 1. The monoisotopic (exact) mass is 267 g/mol. The van der Waals surface area contributed by atoms with Crippen LogP contribution in [0.1, 0.15) is 21.0 Å². The Bertz CT molecular complexity index is 427. The maximum Gasteiger partial charge on any atom is 0.425 e. The molecule has 0 saturated heterocycles. The largest absolute Gasteiger partial charge is 0.481 e. The molecule has 4 nitrogen and oxygen atoms in total. The van der Waals surface area contributed by atoms with Crippen molar-refractivity contribution in [2.24, 2.45) is 0 Å². The van der Waals surface area contributed by atoms with Crippen molar-refractivity contribution in [2.45, 2.75) is 12.6 Å². The highest BCUT2D eigenvalue weighted by Crippen LogP contribution is 2.34. The molecule has 0 radical (unpaired) electrons. The number of hydrogen-bond donors (Lipinski definition) is 2. The third-order valence-corrected chi connectivity index (χ3v) is 2.86. The van der Waals surface area contributed by atoms with Gasteiger partial charge in [0.1, 0.15) is 4.88 Å². The molecule has 1 aromatic heterocycles. The van der Waals surface area contributed by atoms with Crippen LogP contribution in [0.3, 0.4) is 0 Å². The van der Waals surface area contributed by atoms with Gasteiger partial charge >= 0.3 is 12.1 Å². The van der Waals surface area contributed by atoms with E-state index >= 15 is 0 Å². The van der Waals surface area contributed by atoms with Crippen LogP contribution in [0.4, 0.5) is 13.2 Å². The molecule has 2 N–H and O–H groups in total. The second-order valence-electron chi connectivity index (χ2n) is 3.06. The maximum absolute atomic E-state index is 12.2. The zero-order valence-electron chi connectivity index (χ0n) is 8.37. The van der Waals surface area contributed by atoms with E-state index in [2.05, 4.69) is 5.32 Å². The first kappa shape index (κ1) is 13.5. The van der Waals surface area contributed by atoms with Gasteiger partial charge in [-0.2, -0.15) is 13.2 Å². The summed E-state index contributed by atoms with van der Waals surface area (Å²) in [4.78, 5) is 20.5. The summed E-state index contributed by atoms with van der Waals surface area (Å²) >= 11 is 0.322. The van der Waals surface area contributed by atoms with Crippen molar-refractivity contribution in [3.8, 4) is 0 Å². The van der Waals surface area contributed by atoms with Gasteiger partial charge in [-0.15, -0.1) is 11.3 Å². The molecule has 0 aliphatic rings. The number of carboxylic acid groups (broad SMARTS) is 1. The Labute approximate surface area is 98.1 Å². The van der Waals surface area contributed by atoms with Crippen LogP contribution in [0.15, 0.2) is 12.1 Å². The predicted molar refractivity (Wildman–Crippen MR) is 53.9 cm³/mol. The normalized spacial score (nSPS) is 11.2. The van der Waals surface area contributed by atoms with E-state index in [-0.39, 0.29) is 17.8 Å². The quantitative estimate of drug-likeness (QED) is 0.876. The van der Waals surface area contributed by atoms with Gasteiger partial charge in [-0.3, -0.25) is 9.59 Å².